The van der Waals surface area contributed by atoms with Crippen molar-refractivity contribution in [2.75, 3.05) is 17.7 Å². The molecule has 3 nitrogen and oxygen atoms in total. The minimum absolute atomic E-state index is 0.601. The predicted molar refractivity (Wildman–Crippen MR) is 89.3 cm³/mol. The molecule has 0 bridgehead atoms. The third-order valence-corrected chi connectivity index (χ3v) is 3.39. The second kappa shape index (κ2) is 5.75. The zero-order valence-electron chi connectivity index (χ0n) is 12.0. The van der Waals surface area contributed by atoms with Gasteiger partial charge in [0.05, 0.1) is 18.0 Å². The molecule has 3 N–H and O–H groups in total. The Bertz CT molecular complexity index is 768. The van der Waals surface area contributed by atoms with E-state index in [4.69, 9.17) is 10.5 Å². The minimum Gasteiger partial charge on any atom is -0.492 e. The lowest BCUT2D eigenvalue weighted by Crippen LogP contribution is -2.01. The summed E-state index contributed by atoms with van der Waals surface area (Å²) in [5.41, 5.74) is 8.64. The van der Waals surface area contributed by atoms with E-state index in [1.807, 2.05) is 37.3 Å². The van der Waals surface area contributed by atoms with E-state index in [-0.39, 0.29) is 0 Å². The molecule has 0 radical (unpaired) electrons. The fourth-order valence-electron chi connectivity index (χ4n) is 2.36. The van der Waals surface area contributed by atoms with Gasteiger partial charge in [0.15, 0.2) is 0 Å². The molecule has 3 rings (SSSR count). The molecule has 0 aromatic heterocycles. The van der Waals surface area contributed by atoms with Crippen molar-refractivity contribution in [3.05, 3.63) is 60.7 Å². The molecule has 0 amide bonds. The number of hydrogen-bond acceptors (Lipinski definition) is 3. The maximum Gasteiger partial charge on any atom is 0.144 e. The number of ether oxygens (including phenoxy) is 1. The first kappa shape index (κ1) is 13.3. The van der Waals surface area contributed by atoms with Crippen molar-refractivity contribution in [2.24, 2.45) is 0 Å². The van der Waals surface area contributed by atoms with E-state index < -0.39 is 0 Å². The zero-order valence-corrected chi connectivity index (χ0v) is 12.0. The van der Waals surface area contributed by atoms with Crippen LogP contribution < -0.4 is 15.8 Å². The average molecular weight is 278 g/mol. The summed E-state index contributed by atoms with van der Waals surface area (Å²) >= 11 is 0. The van der Waals surface area contributed by atoms with E-state index in [9.17, 15) is 0 Å². The SMILES string of the molecule is CCOc1cccc(Nc2ccc3ccccc3c2)c1N. The molecule has 106 valence electrons. The van der Waals surface area contributed by atoms with E-state index in [0.717, 1.165) is 11.4 Å². The maximum absolute atomic E-state index is 6.14. The summed E-state index contributed by atoms with van der Waals surface area (Å²) in [4.78, 5) is 0. The Morgan fingerprint density at radius 1 is 0.952 bits per heavy atom. The van der Waals surface area contributed by atoms with Gasteiger partial charge in [-0.1, -0.05) is 36.4 Å². The largest absolute Gasteiger partial charge is 0.492 e. The molecule has 0 heterocycles. The van der Waals surface area contributed by atoms with Crippen LogP contribution in [0.1, 0.15) is 6.92 Å². The molecule has 0 unspecified atom stereocenters. The van der Waals surface area contributed by atoms with Gasteiger partial charge in [-0.05, 0) is 42.0 Å². The quantitative estimate of drug-likeness (QED) is 0.687. The summed E-state index contributed by atoms with van der Waals surface area (Å²) in [7, 11) is 0. The molecule has 0 fully saturated rings. The Kier molecular flexibility index (Phi) is 3.65. The Hall–Kier alpha value is -2.68. The van der Waals surface area contributed by atoms with E-state index in [1.165, 1.54) is 10.8 Å². The van der Waals surface area contributed by atoms with Crippen molar-refractivity contribution in [2.45, 2.75) is 6.92 Å². The van der Waals surface area contributed by atoms with Crippen molar-refractivity contribution in [3.63, 3.8) is 0 Å². The second-order valence-electron chi connectivity index (χ2n) is 4.84. The molecule has 0 spiro atoms. The van der Waals surface area contributed by atoms with Gasteiger partial charge in [0.1, 0.15) is 5.75 Å². The van der Waals surface area contributed by atoms with E-state index in [2.05, 4.69) is 35.6 Å². The molecule has 0 saturated carbocycles. The van der Waals surface area contributed by atoms with E-state index in [0.29, 0.717) is 18.0 Å². The van der Waals surface area contributed by atoms with Crippen LogP contribution in [0.3, 0.4) is 0 Å². The number of para-hydroxylation sites is 1. The van der Waals surface area contributed by atoms with Crippen molar-refractivity contribution in [1.29, 1.82) is 0 Å². The van der Waals surface area contributed by atoms with Crippen LogP contribution >= 0.6 is 0 Å². The lowest BCUT2D eigenvalue weighted by Gasteiger charge is -2.13. The molecule has 0 aliphatic rings. The van der Waals surface area contributed by atoms with Gasteiger partial charge in [-0.2, -0.15) is 0 Å². The summed E-state index contributed by atoms with van der Waals surface area (Å²) in [6.07, 6.45) is 0. The Balaban J connectivity index is 1.93. The van der Waals surface area contributed by atoms with Gasteiger partial charge in [-0.3, -0.25) is 0 Å². The standard InChI is InChI=1S/C18H18N2O/c1-2-21-17-9-5-8-16(18(17)19)20-15-11-10-13-6-3-4-7-14(13)12-15/h3-12,20H,2,19H2,1H3. The number of nitrogens with two attached hydrogens (primary N) is 1. The molecule has 0 aliphatic heterocycles. The smallest absolute Gasteiger partial charge is 0.144 e. The zero-order chi connectivity index (χ0) is 14.7. The van der Waals surface area contributed by atoms with Crippen LogP contribution in [-0.4, -0.2) is 6.61 Å². The molecule has 0 atom stereocenters. The first-order chi connectivity index (χ1) is 10.3. The predicted octanol–water partition coefficient (Wildman–Crippen LogP) is 4.56. The van der Waals surface area contributed by atoms with Crippen molar-refractivity contribution < 1.29 is 4.74 Å². The first-order valence-corrected chi connectivity index (χ1v) is 7.05. The number of hydrogen-bond donors (Lipinski definition) is 2. The fraction of sp³-hybridized carbons (Fsp3) is 0.111. The molecule has 3 aromatic rings. The topological polar surface area (TPSA) is 47.3 Å². The number of rotatable bonds is 4. The molecule has 0 aliphatic carbocycles. The summed E-state index contributed by atoms with van der Waals surface area (Å²) in [5, 5.41) is 5.78. The summed E-state index contributed by atoms with van der Waals surface area (Å²) < 4.78 is 5.52. The molecular formula is C18H18N2O. The maximum atomic E-state index is 6.14. The first-order valence-electron chi connectivity index (χ1n) is 7.05. The highest BCUT2D eigenvalue weighted by molar-refractivity contribution is 5.87. The number of benzene rings is 3. The van der Waals surface area contributed by atoms with Gasteiger partial charge in [0.2, 0.25) is 0 Å². The number of nitrogen functional groups attached to an aromatic ring is 1. The Morgan fingerprint density at radius 2 is 1.76 bits per heavy atom. The molecule has 0 saturated heterocycles. The van der Waals surface area contributed by atoms with Crippen LogP contribution in [-0.2, 0) is 0 Å². The summed E-state index contributed by atoms with van der Waals surface area (Å²) in [5.74, 6) is 0.711. The van der Waals surface area contributed by atoms with Crippen LogP contribution in [0.5, 0.6) is 5.75 Å². The summed E-state index contributed by atoms with van der Waals surface area (Å²) in [6.45, 7) is 2.55. The van der Waals surface area contributed by atoms with Crippen LogP contribution in [0, 0.1) is 0 Å². The molecule has 3 heteroatoms. The average Bonchev–Trinajstić information content (AvgIpc) is 2.51. The highest BCUT2D eigenvalue weighted by Gasteiger charge is 2.06. The fourth-order valence-corrected chi connectivity index (χ4v) is 2.36. The lowest BCUT2D eigenvalue weighted by atomic mass is 10.1. The van der Waals surface area contributed by atoms with E-state index >= 15 is 0 Å². The van der Waals surface area contributed by atoms with Crippen molar-refractivity contribution in [3.8, 4) is 5.75 Å². The van der Waals surface area contributed by atoms with Gasteiger partial charge in [-0.25, -0.2) is 0 Å². The van der Waals surface area contributed by atoms with Crippen LogP contribution in [0.2, 0.25) is 0 Å². The normalized spacial score (nSPS) is 10.5. The van der Waals surface area contributed by atoms with Gasteiger partial charge in [0, 0.05) is 5.69 Å². The van der Waals surface area contributed by atoms with Gasteiger partial charge in [-0.15, -0.1) is 0 Å². The molecular weight excluding hydrogens is 260 g/mol. The highest BCUT2D eigenvalue weighted by atomic mass is 16.5. The number of fused-ring (bicyclic) bond motifs is 1. The highest BCUT2D eigenvalue weighted by Crippen LogP contribution is 2.32. The monoisotopic (exact) mass is 278 g/mol. The third kappa shape index (κ3) is 2.77. The van der Waals surface area contributed by atoms with Crippen molar-refractivity contribution >= 4 is 27.8 Å². The van der Waals surface area contributed by atoms with Gasteiger partial charge >= 0.3 is 0 Å². The number of nitrogens with one attached hydrogen (secondary N) is 1. The van der Waals surface area contributed by atoms with Crippen LogP contribution in [0.15, 0.2) is 60.7 Å². The molecule has 3 aromatic carbocycles. The molecule has 21 heavy (non-hydrogen) atoms. The minimum atomic E-state index is 0.601. The van der Waals surface area contributed by atoms with E-state index in [1.54, 1.807) is 0 Å². The van der Waals surface area contributed by atoms with Gasteiger partial charge < -0.3 is 15.8 Å². The second-order valence-corrected chi connectivity index (χ2v) is 4.84. The lowest BCUT2D eigenvalue weighted by molar-refractivity contribution is 0.342. The summed E-state index contributed by atoms with van der Waals surface area (Å²) in [6, 6.07) is 20.3. The third-order valence-electron chi connectivity index (χ3n) is 3.39. The Labute approximate surface area is 124 Å². The Morgan fingerprint density at radius 3 is 2.57 bits per heavy atom. The van der Waals surface area contributed by atoms with Crippen molar-refractivity contribution in [1.82, 2.24) is 0 Å². The van der Waals surface area contributed by atoms with Crippen LogP contribution in [0.25, 0.3) is 10.8 Å². The van der Waals surface area contributed by atoms with Crippen LogP contribution in [0.4, 0.5) is 17.1 Å². The number of anilines is 3. The van der Waals surface area contributed by atoms with Gasteiger partial charge in [0.25, 0.3) is 0 Å².